The molecule has 1 aromatic heterocycles. The molecule has 0 aliphatic heterocycles. The van der Waals surface area contributed by atoms with E-state index in [1.165, 1.54) is 4.88 Å². The quantitative estimate of drug-likeness (QED) is 0.886. The number of rotatable bonds is 3. The van der Waals surface area contributed by atoms with E-state index in [4.69, 9.17) is 5.73 Å². The molecule has 0 saturated heterocycles. The van der Waals surface area contributed by atoms with Crippen molar-refractivity contribution >= 4 is 27.3 Å². The van der Waals surface area contributed by atoms with Crippen LogP contribution in [-0.2, 0) is 6.42 Å². The maximum atomic E-state index is 13.0. The van der Waals surface area contributed by atoms with Crippen LogP contribution in [0.5, 0.6) is 0 Å². The minimum Gasteiger partial charge on any atom is -0.327 e. The van der Waals surface area contributed by atoms with Gasteiger partial charge in [0, 0.05) is 33.6 Å². The Morgan fingerprint density at radius 2 is 2.12 bits per heavy atom. The molecule has 1 heterocycles. The molecule has 0 amide bonds. The number of hydrogen-bond acceptors (Lipinski definition) is 2. The maximum Gasteiger partial charge on any atom is 0.248 e. The first-order valence-corrected chi connectivity index (χ1v) is 7.50. The predicted octanol–water partition coefficient (Wildman–Crippen LogP) is 4.21. The molecule has 0 bridgehead atoms. The molecule has 1 aromatic rings. The number of hydrogen-bond donors (Lipinski definition) is 1. The van der Waals surface area contributed by atoms with Gasteiger partial charge in [0.25, 0.3) is 0 Å². The highest BCUT2D eigenvalue weighted by Gasteiger charge is 2.36. The summed E-state index contributed by atoms with van der Waals surface area (Å²) in [5, 5.41) is 2.02. The zero-order valence-corrected chi connectivity index (χ0v) is 11.9. The van der Waals surface area contributed by atoms with Gasteiger partial charge in [0.05, 0.1) is 0 Å². The fourth-order valence-corrected chi connectivity index (χ4v) is 3.87. The second-order valence-corrected chi connectivity index (χ2v) is 6.70. The number of alkyl halides is 2. The highest BCUT2D eigenvalue weighted by molar-refractivity contribution is 9.10. The summed E-state index contributed by atoms with van der Waals surface area (Å²) in [7, 11) is 0. The number of halogens is 3. The molecule has 1 aliphatic rings. The van der Waals surface area contributed by atoms with Crippen LogP contribution in [-0.4, -0.2) is 12.0 Å². The fourth-order valence-electron chi connectivity index (χ4n) is 2.35. The van der Waals surface area contributed by atoms with E-state index in [0.717, 1.165) is 10.9 Å². The molecule has 1 saturated carbocycles. The summed E-state index contributed by atoms with van der Waals surface area (Å²) in [6.07, 6.45) is 1.91. The molecule has 5 heteroatoms. The zero-order valence-electron chi connectivity index (χ0n) is 9.46. The van der Waals surface area contributed by atoms with Crippen molar-refractivity contribution in [3.8, 4) is 0 Å². The van der Waals surface area contributed by atoms with Gasteiger partial charge in [-0.1, -0.05) is 0 Å². The van der Waals surface area contributed by atoms with Crippen LogP contribution in [0.15, 0.2) is 15.9 Å². The molecule has 96 valence electrons. The molecule has 1 unspecified atom stereocenters. The van der Waals surface area contributed by atoms with Gasteiger partial charge in [-0.25, -0.2) is 8.78 Å². The molecule has 17 heavy (non-hydrogen) atoms. The Hall–Kier alpha value is -0.0000000000000000833. The summed E-state index contributed by atoms with van der Waals surface area (Å²) in [4.78, 5) is 1.22. The Labute approximate surface area is 113 Å². The molecular formula is C12H16BrF2NS. The smallest absolute Gasteiger partial charge is 0.248 e. The average molecular weight is 324 g/mol. The molecule has 1 fully saturated rings. The van der Waals surface area contributed by atoms with Gasteiger partial charge in [0.15, 0.2) is 0 Å². The monoisotopic (exact) mass is 323 g/mol. The Morgan fingerprint density at radius 1 is 1.47 bits per heavy atom. The molecule has 0 spiro atoms. The standard InChI is InChI=1S/C12H16BrF2NS/c13-9-5-10(17-7-9)6-11(16)8-1-3-12(14,15)4-2-8/h5,7-8,11H,1-4,6,16H2. The minimum absolute atomic E-state index is 0.000494. The third-order valence-electron chi connectivity index (χ3n) is 3.43. The van der Waals surface area contributed by atoms with Crippen molar-refractivity contribution in [3.05, 3.63) is 20.8 Å². The summed E-state index contributed by atoms with van der Waals surface area (Å²) < 4.78 is 27.1. The van der Waals surface area contributed by atoms with Gasteiger partial charge in [-0.15, -0.1) is 11.3 Å². The molecule has 0 radical (unpaired) electrons. The van der Waals surface area contributed by atoms with Crippen molar-refractivity contribution < 1.29 is 8.78 Å². The van der Waals surface area contributed by atoms with Crippen LogP contribution in [0.4, 0.5) is 8.78 Å². The summed E-state index contributed by atoms with van der Waals surface area (Å²) in [6, 6.07) is 2.07. The highest BCUT2D eigenvalue weighted by Crippen LogP contribution is 2.37. The van der Waals surface area contributed by atoms with Crippen molar-refractivity contribution in [3.63, 3.8) is 0 Å². The van der Waals surface area contributed by atoms with Crippen LogP contribution in [0.2, 0.25) is 0 Å². The summed E-state index contributed by atoms with van der Waals surface area (Å²) >= 11 is 5.07. The Bertz CT molecular complexity index is 370. The lowest BCUT2D eigenvalue weighted by atomic mass is 9.81. The van der Waals surface area contributed by atoms with Gasteiger partial charge in [-0.2, -0.15) is 0 Å². The molecular weight excluding hydrogens is 308 g/mol. The van der Waals surface area contributed by atoms with E-state index in [2.05, 4.69) is 22.0 Å². The normalized spacial score (nSPS) is 22.6. The van der Waals surface area contributed by atoms with Gasteiger partial charge in [0.1, 0.15) is 0 Å². The van der Waals surface area contributed by atoms with E-state index in [1.54, 1.807) is 11.3 Å². The highest BCUT2D eigenvalue weighted by atomic mass is 79.9. The lowest BCUT2D eigenvalue weighted by Gasteiger charge is -2.31. The summed E-state index contributed by atoms with van der Waals surface area (Å²) in [6.45, 7) is 0. The molecule has 2 rings (SSSR count). The molecule has 0 aromatic carbocycles. The first-order valence-electron chi connectivity index (χ1n) is 5.82. The first-order chi connectivity index (χ1) is 7.96. The Balaban J connectivity index is 1.87. The van der Waals surface area contributed by atoms with Gasteiger partial charge >= 0.3 is 0 Å². The van der Waals surface area contributed by atoms with Gasteiger partial charge in [0.2, 0.25) is 5.92 Å². The van der Waals surface area contributed by atoms with E-state index in [1.807, 2.05) is 5.38 Å². The van der Waals surface area contributed by atoms with E-state index in [9.17, 15) is 8.78 Å². The van der Waals surface area contributed by atoms with Crippen LogP contribution in [0.25, 0.3) is 0 Å². The second-order valence-electron chi connectivity index (χ2n) is 4.79. The molecule has 2 N–H and O–H groups in total. The lowest BCUT2D eigenvalue weighted by molar-refractivity contribution is -0.0481. The molecule has 1 aliphatic carbocycles. The van der Waals surface area contributed by atoms with Crippen LogP contribution in [0.1, 0.15) is 30.6 Å². The van der Waals surface area contributed by atoms with Crippen LogP contribution in [0, 0.1) is 5.92 Å². The zero-order chi connectivity index (χ0) is 12.5. The van der Waals surface area contributed by atoms with Crippen molar-refractivity contribution in [1.29, 1.82) is 0 Å². The Kier molecular flexibility index (Phi) is 4.21. The largest absolute Gasteiger partial charge is 0.327 e. The van der Waals surface area contributed by atoms with E-state index in [0.29, 0.717) is 12.8 Å². The van der Waals surface area contributed by atoms with Crippen molar-refractivity contribution in [2.24, 2.45) is 11.7 Å². The van der Waals surface area contributed by atoms with Crippen molar-refractivity contribution in [1.82, 2.24) is 0 Å². The SMILES string of the molecule is NC(Cc1cc(Br)cs1)C1CCC(F)(F)CC1. The van der Waals surface area contributed by atoms with Crippen molar-refractivity contribution in [2.45, 2.75) is 44.1 Å². The minimum atomic E-state index is -2.46. The molecule has 1 nitrogen and oxygen atoms in total. The maximum absolute atomic E-state index is 13.0. The molecule has 1 atom stereocenters. The number of thiophene rings is 1. The Morgan fingerprint density at radius 3 is 2.65 bits per heavy atom. The number of nitrogens with two attached hydrogens (primary N) is 1. The predicted molar refractivity (Wildman–Crippen MR) is 70.6 cm³/mol. The summed E-state index contributed by atoms with van der Waals surface area (Å²) in [5.74, 6) is -2.21. The van der Waals surface area contributed by atoms with Gasteiger partial charge in [-0.05, 0) is 47.2 Å². The van der Waals surface area contributed by atoms with E-state index in [-0.39, 0.29) is 24.8 Å². The van der Waals surface area contributed by atoms with Gasteiger partial charge < -0.3 is 5.73 Å². The van der Waals surface area contributed by atoms with E-state index >= 15 is 0 Å². The van der Waals surface area contributed by atoms with Crippen molar-refractivity contribution in [2.75, 3.05) is 0 Å². The van der Waals surface area contributed by atoms with Crippen LogP contribution >= 0.6 is 27.3 Å². The van der Waals surface area contributed by atoms with Crippen LogP contribution < -0.4 is 5.73 Å². The third-order valence-corrected chi connectivity index (χ3v) is 5.15. The first kappa shape index (κ1) is 13.4. The third kappa shape index (κ3) is 3.73. The van der Waals surface area contributed by atoms with Gasteiger partial charge in [-0.3, -0.25) is 0 Å². The van der Waals surface area contributed by atoms with E-state index < -0.39 is 5.92 Å². The topological polar surface area (TPSA) is 26.0 Å². The summed E-state index contributed by atoms with van der Waals surface area (Å²) in [5.41, 5.74) is 6.12. The second kappa shape index (κ2) is 5.33. The van der Waals surface area contributed by atoms with Crippen LogP contribution in [0.3, 0.4) is 0 Å². The average Bonchev–Trinajstić information content (AvgIpc) is 2.63. The fraction of sp³-hybridized carbons (Fsp3) is 0.667. The lowest BCUT2D eigenvalue weighted by Crippen LogP contribution is -2.37.